The van der Waals surface area contributed by atoms with Crippen molar-refractivity contribution in [1.82, 2.24) is 10.3 Å². The molecule has 0 radical (unpaired) electrons. The topological polar surface area (TPSA) is 79.3 Å². The van der Waals surface area contributed by atoms with Crippen molar-refractivity contribution in [1.29, 1.82) is 0 Å². The number of rotatable bonds is 4. The van der Waals surface area contributed by atoms with E-state index in [-0.39, 0.29) is 0 Å². The van der Waals surface area contributed by atoms with E-state index in [4.69, 9.17) is 0 Å². The molecule has 5 nitrogen and oxygen atoms in total. The molecule has 98 valence electrons. The molecule has 2 aromatic rings. The molecule has 0 saturated heterocycles. The zero-order valence-corrected chi connectivity index (χ0v) is 11.0. The Bertz CT molecular complexity index is 595. The smallest absolute Gasteiger partial charge is 0.330 e. The van der Waals surface area contributed by atoms with Gasteiger partial charge in [0.15, 0.2) is 6.04 Å². The van der Waals surface area contributed by atoms with Crippen LogP contribution < -0.4 is 5.32 Å². The largest absolute Gasteiger partial charge is 0.479 e. The summed E-state index contributed by atoms with van der Waals surface area (Å²) in [5.74, 6) is -1.52. The summed E-state index contributed by atoms with van der Waals surface area (Å²) in [6.45, 7) is 1.71. The van der Waals surface area contributed by atoms with Crippen LogP contribution in [-0.4, -0.2) is 22.0 Å². The summed E-state index contributed by atoms with van der Waals surface area (Å²) in [5, 5.41) is 11.7. The Balaban J connectivity index is 2.21. The van der Waals surface area contributed by atoms with Gasteiger partial charge in [-0.15, -0.1) is 11.3 Å². The minimum Gasteiger partial charge on any atom is -0.479 e. The van der Waals surface area contributed by atoms with E-state index in [0.29, 0.717) is 16.1 Å². The van der Waals surface area contributed by atoms with Crippen LogP contribution in [0.4, 0.5) is 0 Å². The van der Waals surface area contributed by atoms with Crippen LogP contribution in [0.2, 0.25) is 0 Å². The Hall–Kier alpha value is -2.21. The Morgan fingerprint density at radius 3 is 2.53 bits per heavy atom. The number of thiazole rings is 1. The molecule has 1 aromatic carbocycles. The van der Waals surface area contributed by atoms with Gasteiger partial charge in [0.05, 0.1) is 11.2 Å². The maximum absolute atomic E-state index is 12.0. The summed E-state index contributed by atoms with van der Waals surface area (Å²) in [7, 11) is 0. The molecule has 0 aliphatic heterocycles. The Kier molecular flexibility index (Phi) is 3.91. The number of hydrogen-bond acceptors (Lipinski definition) is 4. The fraction of sp³-hybridized carbons (Fsp3) is 0.154. The third kappa shape index (κ3) is 2.97. The second-order valence-corrected chi connectivity index (χ2v) is 4.78. The summed E-state index contributed by atoms with van der Waals surface area (Å²) in [6.07, 6.45) is 0. The van der Waals surface area contributed by atoms with Gasteiger partial charge in [0.1, 0.15) is 4.88 Å². The van der Waals surface area contributed by atoms with Gasteiger partial charge >= 0.3 is 5.97 Å². The second kappa shape index (κ2) is 5.62. The van der Waals surface area contributed by atoms with Crippen molar-refractivity contribution >= 4 is 23.2 Å². The minimum atomic E-state index is -1.10. The first-order valence-electron chi connectivity index (χ1n) is 5.58. The molecular weight excluding hydrogens is 264 g/mol. The van der Waals surface area contributed by atoms with Crippen LogP contribution >= 0.6 is 11.3 Å². The van der Waals surface area contributed by atoms with Crippen LogP contribution in [0.5, 0.6) is 0 Å². The summed E-state index contributed by atoms with van der Waals surface area (Å²) >= 11 is 1.19. The van der Waals surface area contributed by atoms with Gasteiger partial charge in [0.25, 0.3) is 5.91 Å². The lowest BCUT2D eigenvalue weighted by molar-refractivity contribution is -0.139. The predicted molar refractivity (Wildman–Crippen MR) is 71.1 cm³/mol. The molecule has 0 bridgehead atoms. The first kappa shape index (κ1) is 13.2. The fourth-order valence-electron chi connectivity index (χ4n) is 1.65. The highest BCUT2D eigenvalue weighted by molar-refractivity contribution is 7.11. The first-order chi connectivity index (χ1) is 9.09. The van der Waals surface area contributed by atoms with Crippen LogP contribution in [0.3, 0.4) is 0 Å². The summed E-state index contributed by atoms with van der Waals surface area (Å²) < 4.78 is 0. The van der Waals surface area contributed by atoms with E-state index in [1.54, 1.807) is 42.8 Å². The monoisotopic (exact) mass is 276 g/mol. The van der Waals surface area contributed by atoms with Crippen molar-refractivity contribution in [2.45, 2.75) is 13.0 Å². The van der Waals surface area contributed by atoms with Crippen LogP contribution in [0.25, 0.3) is 0 Å². The molecule has 1 aromatic heterocycles. The second-order valence-electron chi connectivity index (χ2n) is 3.92. The first-order valence-corrected chi connectivity index (χ1v) is 6.46. The maximum Gasteiger partial charge on any atom is 0.330 e. The predicted octanol–water partition coefficient (Wildman–Crippen LogP) is 2.01. The van der Waals surface area contributed by atoms with Crippen molar-refractivity contribution in [3.05, 3.63) is 52.0 Å². The van der Waals surface area contributed by atoms with E-state index in [2.05, 4.69) is 10.3 Å². The molecule has 0 fully saturated rings. The minimum absolute atomic E-state index is 0.420. The number of nitrogens with zero attached hydrogens (tertiary/aromatic N) is 1. The maximum atomic E-state index is 12.0. The zero-order chi connectivity index (χ0) is 13.8. The number of carbonyl (C=O) groups excluding carboxylic acids is 1. The average molecular weight is 276 g/mol. The molecule has 0 saturated carbocycles. The number of hydrogen-bond donors (Lipinski definition) is 2. The standard InChI is InChI=1S/C13H12N2O3S/c1-8-11(19-7-14-8)12(16)15-10(13(17)18)9-5-3-2-4-6-9/h2-7,10H,1H3,(H,15,16)(H,17,18)/t10-/m0/s1. The van der Waals surface area contributed by atoms with Crippen molar-refractivity contribution in [2.75, 3.05) is 0 Å². The van der Waals surface area contributed by atoms with Crippen molar-refractivity contribution in [2.24, 2.45) is 0 Å². The molecule has 0 aliphatic carbocycles. The average Bonchev–Trinajstić information content (AvgIpc) is 2.82. The van der Waals surface area contributed by atoms with Gasteiger partial charge in [-0.05, 0) is 12.5 Å². The van der Waals surface area contributed by atoms with Crippen molar-refractivity contribution in [3.8, 4) is 0 Å². The quantitative estimate of drug-likeness (QED) is 0.895. The lowest BCUT2D eigenvalue weighted by atomic mass is 10.1. The molecule has 6 heteroatoms. The van der Waals surface area contributed by atoms with E-state index in [9.17, 15) is 14.7 Å². The molecule has 0 spiro atoms. The molecule has 0 aliphatic rings. The summed E-state index contributed by atoms with van der Waals surface area (Å²) in [6, 6.07) is 7.52. The molecule has 2 rings (SSSR count). The Morgan fingerprint density at radius 1 is 1.32 bits per heavy atom. The number of carbonyl (C=O) groups is 2. The van der Waals surface area contributed by atoms with Crippen LogP contribution in [-0.2, 0) is 4.79 Å². The highest BCUT2D eigenvalue weighted by atomic mass is 32.1. The number of nitrogens with one attached hydrogen (secondary N) is 1. The number of carboxylic acid groups (broad SMARTS) is 1. The van der Waals surface area contributed by atoms with Crippen molar-refractivity contribution in [3.63, 3.8) is 0 Å². The Morgan fingerprint density at radius 2 is 2.00 bits per heavy atom. The Labute approximate surface area is 113 Å². The number of benzene rings is 1. The lowest BCUT2D eigenvalue weighted by Gasteiger charge is -2.14. The van der Waals surface area contributed by atoms with Crippen molar-refractivity contribution < 1.29 is 14.7 Å². The number of carboxylic acids is 1. The van der Waals surface area contributed by atoms with E-state index in [1.807, 2.05) is 0 Å². The third-order valence-electron chi connectivity index (χ3n) is 2.61. The van der Waals surface area contributed by atoms with Gasteiger partial charge in [-0.2, -0.15) is 0 Å². The van der Waals surface area contributed by atoms with Gasteiger partial charge in [0.2, 0.25) is 0 Å². The van der Waals surface area contributed by atoms with Gasteiger partial charge in [0, 0.05) is 0 Å². The summed E-state index contributed by atoms with van der Waals surface area (Å²) in [5.41, 5.74) is 2.69. The normalized spacial score (nSPS) is 11.8. The molecule has 1 amide bonds. The number of aliphatic carboxylic acids is 1. The highest BCUT2D eigenvalue weighted by Crippen LogP contribution is 2.17. The summed E-state index contributed by atoms with van der Waals surface area (Å²) in [4.78, 5) is 27.7. The van der Waals surface area contributed by atoms with Crippen LogP contribution in [0, 0.1) is 6.92 Å². The highest BCUT2D eigenvalue weighted by Gasteiger charge is 2.23. The van der Waals surface area contributed by atoms with E-state index in [0.717, 1.165) is 0 Å². The number of aromatic nitrogens is 1. The van der Waals surface area contributed by atoms with Crippen LogP contribution in [0.15, 0.2) is 35.8 Å². The molecule has 1 heterocycles. The van der Waals surface area contributed by atoms with E-state index < -0.39 is 17.9 Å². The molecule has 2 N–H and O–H groups in total. The number of amides is 1. The lowest BCUT2D eigenvalue weighted by Crippen LogP contribution is -2.33. The van der Waals surface area contributed by atoms with E-state index in [1.165, 1.54) is 11.3 Å². The van der Waals surface area contributed by atoms with Gasteiger partial charge in [-0.3, -0.25) is 4.79 Å². The van der Waals surface area contributed by atoms with Gasteiger partial charge < -0.3 is 10.4 Å². The molecule has 19 heavy (non-hydrogen) atoms. The van der Waals surface area contributed by atoms with Crippen LogP contribution in [0.1, 0.15) is 27.0 Å². The van der Waals surface area contributed by atoms with Gasteiger partial charge in [-0.1, -0.05) is 30.3 Å². The zero-order valence-electron chi connectivity index (χ0n) is 10.2. The van der Waals surface area contributed by atoms with E-state index >= 15 is 0 Å². The molecular formula is C13H12N2O3S. The molecule has 0 unspecified atom stereocenters. The number of aryl methyl sites for hydroxylation is 1. The SMILES string of the molecule is Cc1ncsc1C(=O)N[C@H](C(=O)O)c1ccccc1. The molecule has 1 atom stereocenters. The fourth-order valence-corrected chi connectivity index (χ4v) is 2.36. The third-order valence-corrected chi connectivity index (χ3v) is 3.53. The van der Waals surface area contributed by atoms with Gasteiger partial charge in [-0.25, -0.2) is 9.78 Å².